The van der Waals surface area contributed by atoms with E-state index in [0.717, 1.165) is 50.1 Å². The Hall–Kier alpha value is -1.66. The lowest BCUT2D eigenvalue weighted by molar-refractivity contribution is -0.124. The number of anilines is 1. The zero-order valence-electron chi connectivity index (χ0n) is 14.8. The number of hydrogen-bond donors (Lipinski definition) is 3. The maximum absolute atomic E-state index is 13.8. The van der Waals surface area contributed by atoms with Gasteiger partial charge in [-0.3, -0.25) is 4.79 Å². The zero-order valence-corrected chi connectivity index (χ0v) is 14.8. The van der Waals surface area contributed by atoms with E-state index in [2.05, 4.69) is 15.5 Å². The Kier molecular flexibility index (Phi) is 5.91. The molecule has 138 valence electrons. The molecule has 1 aromatic rings. The van der Waals surface area contributed by atoms with Gasteiger partial charge in [-0.2, -0.15) is 0 Å². The van der Waals surface area contributed by atoms with Crippen LogP contribution in [0.2, 0.25) is 0 Å². The summed E-state index contributed by atoms with van der Waals surface area (Å²) in [7, 11) is 0. The molecule has 2 saturated heterocycles. The summed E-state index contributed by atoms with van der Waals surface area (Å²) in [5, 5.41) is 16.0. The van der Waals surface area contributed by atoms with Crippen LogP contribution in [0.5, 0.6) is 0 Å². The Morgan fingerprint density at radius 1 is 1.32 bits per heavy atom. The van der Waals surface area contributed by atoms with Crippen molar-refractivity contribution in [1.82, 2.24) is 10.6 Å². The second-order valence-electron chi connectivity index (χ2n) is 7.15. The molecule has 0 bridgehead atoms. The molecule has 0 saturated carbocycles. The van der Waals surface area contributed by atoms with Gasteiger partial charge in [-0.15, -0.1) is 0 Å². The van der Waals surface area contributed by atoms with Crippen LogP contribution in [-0.2, 0) is 4.79 Å². The third-order valence-corrected chi connectivity index (χ3v) is 5.25. The van der Waals surface area contributed by atoms with Gasteiger partial charge < -0.3 is 20.6 Å². The third kappa shape index (κ3) is 4.50. The summed E-state index contributed by atoms with van der Waals surface area (Å²) in [6.07, 6.45) is 4.18. The molecule has 0 radical (unpaired) electrons. The highest BCUT2D eigenvalue weighted by atomic mass is 19.1. The van der Waals surface area contributed by atoms with Crippen LogP contribution in [0.4, 0.5) is 10.1 Å². The number of nitrogens with zero attached hydrogens (tertiary/aromatic N) is 1. The third-order valence-electron chi connectivity index (χ3n) is 5.25. The van der Waals surface area contributed by atoms with Gasteiger partial charge in [-0.25, -0.2) is 4.39 Å². The number of hydrogen-bond acceptors (Lipinski definition) is 4. The molecule has 3 N–H and O–H groups in total. The maximum Gasteiger partial charge on any atom is 0.237 e. The number of carbonyl (C=O) groups excluding carboxylic acids is 1. The summed E-state index contributed by atoms with van der Waals surface area (Å²) < 4.78 is 13.8. The number of halogens is 1. The van der Waals surface area contributed by atoms with E-state index in [9.17, 15) is 14.3 Å². The van der Waals surface area contributed by atoms with Crippen LogP contribution in [0.3, 0.4) is 0 Å². The number of piperidine rings is 2. The first-order valence-electron chi connectivity index (χ1n) is 9.31. The second-order valence-corrected chi connectivity index (χ2v) is 7.15. The molecule has 0 spiro atoms. The average molecular weight is 349 g/mol. The molecule has 1 amide bonds. The van der Waals surface area contributed by atoms with Gasteiger partial charge in [0.05, 0.1) is 18.2 Å². The summed E-state index contributed by atoms with van der Waals surface area (Å²) in [6.45, 7) is 4.25. The highest BCUT2D eigenvalue weighted by Crippen LogP contribution is 2.30. The molecule has 1 aromatic carbocycles. The smallest absolute Gasteiger partial charge is 0.237 e. The van der Waals surface area contributed by atoms with Gasteiger partial charge in [0, 0.05) is 24.3 Å². The van der Waals surface area contributed by atoms with Crippen LogP contribution >= 0.6 is 0 Å². The second kappa shape index (κ2) is 8.15. The van der Waals surface area contributed by atoms with Gasteiger partial charge in [0.2, 0.25) is 5.91 Å². The Labute approximate surface area is 148 Å². The van der Waals surface area contributed by atoms with Gasteiger partial charge in [0.25, 0.3) is 0 Å². The lowest BCUT2D eigenvalue weighted by Gasteiger charge is -2.34. The van der Waals surface area contributed by atoms with Crippen molar-refractivity contribution in [2.75, 3.05) is 24.5 Å². The van der Waals surface area contributed by atoms with E-state index in [1.165, 1.54) is 12.1 Å². The van der Waals surface area contributed by atoms with Crippen LogP contribution in [0.1, 0.15) is 50.6 Å². The fraction of sp³-hybridized carbons (Fsp3) is 0.632. The minimum atomic E-state index is -0.298. The standard InChI is InChI=1S/C19H28FN3O2/c1-13(22-19(25)17-4-2-3-9-21-17)16-12-14(20)5-6-18(16)23-10-7-15(24)8-11-23/h5-6,12-13,15,17,21,24H,2-4,7-11H2,1H3,(H,22,25)/t13-,17+/m1/s1. The van der Waals surface area contributed by atoms with E-state index in [1.807, 2.05) is 6.92 Å². The van der Waals surface area contributed by atoms with E-state index >= 15 is 0 Å². The number of aliphatic hydroxyl groups is 1. The monoisotopic (exact) mass is 349 g/mol. The first-order chi connectivity index (χ1) is 12.0. The largest absolute Gasteiger partial charge is 0.393 e. The summed E-state index contributed by atoms with van der Waals surface area (Å²) in [4.78, 5) is 14.7. The quantitative estimate of drug-likeness (QED) is 0.779. The summed E-state index contributed by atoms with van der Waals surface area (Å²) in [5.41, 5.74) is 1.73. The summed E-state index contributed by atoms with van der Waals surface area (Å²) in [5.74, 6) is -0.316. The highest BCUT2D eigenvalue weighted by Gasteiger charge is 2.25. The number of amides is 1. The Morgan fingerprint density at radius 3 is 2.76 bits per heavy atom. The minimum Gasteiger partial charge on any atom is -0.393 e. The SMILES string of the molecule is C[C@@H](NC(=O)[C@@H]1CCCCN1)c1cc(F)ccc1N1CCC(O)CC1. The van der Waals surface area contributed by atoms with Crippen LogP contribution in [0.15, 0.2) is 18.2 Å². The topological polar surface area (TPSA) is 64.6 Å². The molecule has 3 rings (SSSR count). The number of carbonyl (C=O) groups is 1. The molecular weight excluding hydrogens is 321 g/mol. The molecule has 2 fully saturated rings. The van der Waals surface area contributed by atoms with Crippen molar-refractivity contribution >= 4 is 11.6 Å². The molecular formula is C19H28FN3O2. The fourth-order valence-corrected chi connectivity index (χ4v) is 3.73. The molecule has 0 aromatic heterocycles. The van der Waals surface area contributed by atoms with Gasteiger partial charge in [0.1, 0.15) is 5.82 Å². The number of nitrogens with one attached hydrogen (secondary N) is 2. The predicted molar refractivity (Wildman–Crippen MR) is 96.1 cm³/mol. The minimum absolute atomic E-state index is 0.0172. The van der Waals surface area contributed by atoms with E-state index in [0.29, 0.717) is 12.8 Å². The van der Waals surface area contributed by atoms with Crippen molar-refractivity contribution in [3.63, 3.8) is 0 Å². The number of aliphatic hydroxyl groups excluding tert-OH is 1. The van der Waals surface area contributed by atoms with Crippen molar-refractivity contribution in [2.24, 2.45) is 0 Å². The van der Waals surface area contributed by atoms with Crippen LogP contribution in [0.25, 0.3) is 0 Å². The van der Waals surface area contributed by atoms with Crippen molar-refractivity contribution in [1.29, 1.82) is 0 Å². The van der Waals surface area contributed by atoms with E-state index in [4.69, 9.17) is 0 Å². The molecule has 2 aliphatic heterocycles. The molecule has 2 aliphatic rings. The lowest BCUT2D eigenvalue weighted by Crippen LogP contribution is -2.47. The van der Waals surface area contributed by atoms with E-state index < -0.39 is 0 Å². The number of rotatable bonds is 4. The van der Waals surface area contributed by atoms with Crippen molar-refractivity contribution < 1.29 is 14.3 Å². The maximum atomic E-state index is 13.8. The van der Waals surface area contributed by atoms with Crippen molar-refractivity contribution in [2.45, 2.75) is 57.2 Å². The van der Waals surface area contributed by atoms with E-state index in [-0.39, 0.29) is 29.9 Å². The van der Waals surface area contributed by atoms with Gasteiger partial charge >= 0.3 is 0 Å². The molecule has 2 atom stereocenters. The van der Waals surface area contributed by atoms with Gasteiger partial charge in [-0.05, 0) is 57.4 Å². The Morgan fingerprint density at radius 2 is 2.08 bits per heavy atom. The van der Waals surface area contributed by atoms with Gasteiger partial charge in [-0.1, -0.05) is 6.42 Å². The first kappa shape index (κ1) is 18.1. The van der Waals surface area contributed by atoms with Gasteiger partial charge in [0.15, 0.2) is 0 Å². The Balaban J connectivity index is 1.73. The lowest BCUT2D eigenvalue weighted by atomic mass is 10.00. The highest BCUT2D eigenvalue weighted by molar-refractivity contribution is 5.82. The van der Waals surface area contributed by atoms with Crippen LogP contribution in [0, 0.1) is 5.82 Å². The van der Waals surface area contributed by atoms with E-state index in [1.54, 1.807) is 6.07 Å². The molecule has 6 heteroatoms. The fourth-order valence-electron chi connectivity index (χ4n) is 3.73. The average Bonchev–Trinajstić information content (AvgIpc) is 2.63. The predicted octanol–water partition coefficient (Wildman–Crippen LogP) is 2.11. The molecule has 25 heavy (non-hydrogen) atoms. The Bertz CT molecular complexity index is 596. The van der Waals surface area contributed by atoms with Crippen molar-refractivity contribution in [3.05, 3.63) is 29.6 Å². The zero-order chi connectivity index (χ0) is 17.8. The summed E-state index contributed by atoms with van der Waals surface area (Å²) >= 11 is 0. The van der Waals surface area contributed by atoms with Crippen LogP contribution in [-0.4, -0.2) is 42.8 Å². The number of benzene rings is 1. The summed E-state index contributed by atoms with van der Waals surface area (Å²) in [6, 6.07) is 4.33. The molecule has 0 aliphatic carbocycles. The molecule has 5 nitrogen and oxygen atoms in total. The normalized spacial score (nSPS) is 23.3. The first-order valence-corrected chi connectivity index (χ1v) is 9.31. The molecule has 0 unspecified atom stereocenters. The van der Waals surface area contributed by atoms with Crippen LogP contribution < -0.4 is 15.5 Å². The molecule has 2 heterocycles. The van der Waals surface area contributed by atoms with Crippen molar-refractivity contribution in [3.8, 4) is 0 Å².